The molecule has 3 aromatic rings. The first-order valence-corrected chi connectivity index (χ1v) is 11.3. The number of amides is 1. The van der Waals surface area contributed by atoms with Crippen LogP contribution in [-0.4, -0.2) is 49.8 Å². The second kappa shape index (κ2) is 9.03. The predicted octanol–water partition coefficient (Wildman–Crippen LogP) is 3.66. The number of ketones is 1. The van der Waals surface area contributed by atoms with Crippen LogP contribution >= 0.6 is 0 Å². The molecule has 0 unspecified atom stereocenters. The van der Waals surface area contributed by atoms with Crippen LogP contribution < -0.4 is 21.3 Å². The lowest BCUT2D eigenvalue weighted by Gasteiger charge is -2.34. The molecule has 2 aliphatic heterocycles. The lowest BCUT2D eigenvalue weighted by molar-refractivity contribution is -0.110. The highest BCUT2D eigenvalue weighted by molar-refractivity contribution is 6.32. The molecule has 7 heteroatoms. The van der Waals surface area contributed by atoms with Crippen LogP contribution in [-0.2, 0) is 4.79 Å². The zero-order valence-corrected chi connectivity index (χ0v) is 19.0. The van der Waals surface area contributed by atoms with Gasteiger partial charge in [-0.3, -0.25) is 9.59 Å². The summed E-state index contributed by atoms with van der Waals surface area (Å²) >= 11 is 0. The number of likely N-dealkylation sites (N-methyl/N-ethyl adjacent to an activating group) is 1. The van der Waals surface area contributed by atoms with Crippen LogP contribution in [0.2, 0.25) is 0 Å². The number of nitrogen functional groups attached to an aromatic ring is 1. The van der Waals surface area contributed by atoms with E-state index in [-0.39, 0.29) is 11.7 Å². The summed E-state index contributed by atoms with van der Waals surface area (Å²) in [5, 5.41) is 6.10. The van der Waals surface area contributed by atoms with Gasteiger partial charge in [-0.2, -0.15) is 0 Å². The lowest BCUT2D eigenvalue weighted by atomic mass is 9.98. The van der Waals surface area contributed by atoms with Gasteiger partial charge in [0.2, 0.25) is 0 Å². The Morgan fingerprint density at radius 2 is 1.62 bits per heavy atom. The quantitative estimate of drug-likeness (QED) is 0.310. The van der Waals surface area contributed by atoms with Crippen molar-refractivity contribution in [3.8, 4) is 0 Å². The average molecular weight is 454 g/mol. The fraction of sp³-hybridized carbons (Fsp3) is 0.185. The molecule has 0 aromatic heterocycles. The predicted molar refractivity (Wildman–Crippen MR) is 137 cm³/mol. The van der Waals surface area contributed by atoms with Crippen molar-refractivity contribution in [2.24, 2.45) is 0 Å². The molecule has 5 rings (SSSR count). The Morgan fingerprint density at radius 3 is 2.32 bits per heavy atom. The molecule has 3 aromatic carbocycles. The molecule has 0 saturated carbocycles. The summed E-state index contributed by atoms with van der Waals surface area (Å²) in [6.45, 7) is 4.15. The largest absolute Gasteiger partial charge is 0.399 e. The lowest BCUT2D eigenvalue weighted by Crippen LogP contribution is -2.44. The fourth-order valence-corrected chi connectivity index (χ4v) is 4.26. The standard InChI is InChI=1S/C27H27N5O2/c1-31-12-14-32(15-13-31)22-9-7-21(8-10-22)29-17-24-23-16-19(4-11-25(23)30-27(24)34)26(33)18-2-5-20(28)6-3-18/h2-11,16-17,29H,12-15,28H2,1H3,(H,30,34). The van der Waals surface area contributed by atoms with Crippen LogP contribution in [0.1, 0.15) is 21.5 Å². The van der Waals surface area contributed by atoms with Crippen molar-refractivity contribution in [3.63, 3.8) is 0 Å². The van der Waals surface area contributed by atoms with Crippen LogP contribution in [0, 0.1) is 0 Å². The third kappa shape index (κ3) is 4.38. The third-order valence-electron chi connectivity index (χ3n) is 6.36. The molecular formula is C27H27N5O2. The van der Waals surface area contributed by atoms with Crippen molar-refractivity contribution in [3.05, 3.63) is 89.6 Å². The average Bonchev–Trinajstić information content (AvgIpc) is 3.17. The number of nitrogens with zero attached hydrogens (tertiary/aromatic N) is 2. The maximum atomic E-state index is 12.9. The smallest absolute Gasteiger partial charge is 0.257 e. The number of benzene rings is 3. The first kappa shape index (κ1) is 21.7. The van der Waals surface area contributed by atoms with Crippen molar-refractivity contribution < 1.29 is 9.59 Å². The number of hydrogen-bond donors (Lipinski definition) is 3. The minimum absolute atomic E-state index is 0.117. The molecular weight excluding hydrogens is 426 g/mol. The number of fused-ring (bicyclic) bond motifs is 1. The Kier molecular flexibility index (Phi) is 5.77. The summed E-state index contributed by atoms with van der Waals surface area (Å²) in [4.78, 5) is 30.2. The van der Waals surface area contributed by atoms with E-state index in [9.17, 15) is 9.59 Å². The van der Waals surface area contributed by atoms with Gasteiger partial charge in [0.1, 0.15) is 0 Å². The zero-order chi connectivity index (χ0) is 23.7. The van der Waals surface area contributed by atoms with E-state index < -0.39 is 0 Å². The summed E-state index contributed by atoms with van der Waals surface area (Å²) in [7, 11) is 2.14. The van der Waals surface area contributed by atoms with Crippen molar-refractivity contribution in [1.82, 2.24) is 4.90 Å². The van der Waals surface area contributed by atoms with Gasteiger partial charge in [0.15, 0.2) is 5.78 Å². The van der Waals surface area contributed by atoms with Crippen LogP contribution in [0.4, 0.5) is 22.7 Å². The molecule has 172 valence electrons. The Labute approximate surface area is 198 Å². The summed E-state index contributed by atoms with van der Waals surface area (Å²) in [5.41, 5.74) is 11.4. The monoisotopic (exact) mass is 453 g/mol. The summed E-state index contributed by atoms with van der Waals surface area (Å²) in [5.74, 6) is -0.317. The molecule has 0 spiro atoms. The molecule has 1 saturated heterocycles. The molecule has 0 aliphatic carbocycles. The van der Waals surface area contributed by atoms with Gasteiger partial charge in [-0.15, -0.1) is 0 Å². The number of nitrogens with one attached hydrogen (secondary N) is 2. The second-order valence-electron chi connectivity index (χ2n) is 8.71. The maximum Gasteiger partial charge on any atom is 0.257 e. The molecule has 0 atom stereocenters. The Morgan fingerprint density at radius 1 is 0.941 bits per heavy atom. The molecule has 1 amide bonds. The first-order chi connectivity index (χ1) is 16.5. The van der Waals surface area contributed by atoms with Crippen molar-refractivity contribution in [2.45, 2.75) is 0 Å². The van der Waals surface area contributed by atoms with E-state index in [1.165, 1.54) is 5.69 Å². The first-order valence-electron chi connectivity index (χ1n) is 11.3. The van der Waals surface area contributed by atoms with Gasteiger partial charge >= 0.3 is 0 Å². The summed E-state index contributed by atoms with van der Waals surface area (Å²) in [6, 6.07) is 20.3. The Hall–Kier alpha value is -4.10. The third-order valence-corrected chi connectivity index (χ3v) is 6.36. The molecule has 2 aliphatic rings. The van der Waals surface area contributed by atoms with Gasteiger partial charge < -0.3 is 26.2 Å². The minimum Gasteiger partial charge on any atom is -0.399 e. The number of piperazine rings is 1. The van der Waals surface area contributed by atoms with Gasteiger partial charge in [0.25, 0.3) is 5.91 Å². The Balaban J connectivity index is 1.33. The molecule has 0 radical (unpaired) electrons. The molecule has 0 bridgehead atoms. The van der Waals surface area contributed by atoms with E-state index in [4.69, 9.17) is 5.73 Å². The van der Waals surface area contributed by atoms with E-state index in [1.54, 1.807) is 48.7 Å². The molecule has 34 heavy (non-hydrogen) atoms. The topological polar surface area (TPSA) is 90.7 Å². The number of carbonyl (C=O) groups is 2. The van der Waals surface area contributed by atoms with Crippen LogP contribution in [0.5, 0.6) is 0 Å². The number of carbonyl (C=O) groups excluding carboxylic acids is 2. The number of hydrogen-bond acceptors (Lipinski definition) is 6. The van der Waals surface area contributed by atoms with E-state index in [0.717, 1.165) is 31.9 Å². The Bertz CT molecular complexity index is 1260. The van der Waals surface area contributed by atoms with Gasteiger partial charge in [-0.05, 0) is 73.8 Å². The highest BCUT2D eigenvalue weighted by Crippen LogP contribution is 2.33. The van der Waals surface area contributed by atoms with Crippen LogP contribution in [0.15, 0.2) is 72.9 Å². The van der Waals surface area contributed by atoms with Gasteiger partial charge in [0.05, 0.1) is 5.57 Å². The second-order valence-corrected chi connectivity index (χ2v) is 8.71. The normalized spacial score (nSPS) is 16.9. The number of nitrogens with two attached hydrogens (primary N) is 1. The van der Waals surface area contributed by atoms with Crippen molar-refractivity contribution >= 4 is 40.0 Å². The van der Waals surface area contributed by atoms with Crippen molar-refractivity contribution in [2.75, 3.05) is 54.5 Å². The van der Waals surface area contributed by atoms with Gasteiger partial charge in [0, 0.05) is 71.8 Å². The highest BCUT2D eigenvalue weighted by Gasteiger charge is 2.25. The van der Waals surface area contributed by atoms with E-state index in [0.29, 0.717) is 33.6 Å². The molecule has 7 nitrogen and oxygen atoms in total. The SMILES string of the molecule is CN1CCN(c2ccc(NC=C3C(=O)Nc4ccc(C(=O)c5ccc(N)cc5)cc43)cc2)CC1. The van der Waals surface area contributed by atoms with Gasteiger partial charge in [-0.25, -0.2) is 0 Å². The minimum atomic E-state index is -0.200. The van der Waals surface area contributed by atoms with E-state index >= 15 is 0 Å². The zero-order valence-electron chi connectivity index (χ0n) is 19.0. The van der Waals surface area contributed by atoms with Crippen LogP contribution in [0.25, 0.3) is 5.57 Å². The maximum absolute atomic E-state index is 12.9. The van der Waals surface area contributed by atoms with Crippen molar-refractivity contribution in [1.29, 1.82) is 0 Å². The van der Waals surface area contributed by atoms with Crippen LogP contribution in [0.3, 0.4) is 0 Å². The number of rotatable bonds is 5. The molecule has 1 fully saturated rings. The number of anilines is 4. The highest BCUT2D eigenvalue weighted by atomic mass is 16.2. The van der Waals surface area contributed by atoms with Gasteiger partial charge in [-0.1, -0.05) is 0 Å². The summed E-state index contributed by atoms with van der Waals surface area (Å²) in [6.07, 6.45) is 1.70. The van der Waals surface area contributed by atoms with E-state index in [1.807, 2.05) is 12.1 Å². The fourth-order valence-electron chi connectivity index (χ4n) is 4.26. The molecule has 4 N–H and O–H groups in total. The molecule has 2 heterocycles. The summed E-state index contributed by atoms with van der Waals surface area (Å²) < 4.78 is 0. The van der Waals surface area contributed by atoms with E-state index in [2.05, 4.69) is 39.6 Å².